The van der Waals surface area contributed by atoms with Crippen LogP contribution in [-0.2, 0) is 27.2 Å². The molecule has 2 aromatic carbocycles. The largest absolute Gasteiger partial charge is 0.493 e. The summed E-state index contributed by atoms with van der Waals surface area (Å²) in [5.74, 6) is 1.94. The Morgan fingerprint density at radius 2 is 1.19 bits per heavy atom. The lowest BCUT2D eigenvalue weighted by molar-refractivity contribution is -0.154. The Kier molecular flexibility index (Phi) is 11.7. The van der Waals surface area contributed by atoms with Crippen LogP contribution in [-0.4, -0.2) is 87.6 Å². The smallest absolute Gasteiger partial charge is 0.334 e. The van der Waals surface area contributed by atoms with Crippen LogP contribution in [0.1, 0.15) is 87.7 Å². The molecule has 0 spiro atoms. The molecule has 2 fully saturated rings. The lowest BCUT2D eigenvalue weighted by atomic mass is 9.71. The van der Waals surface area contributed by atoms with Crippen LogP contribution in [0.5, 0.6) is 23.0 Å². The van der Waals surface area contributed by atoms with Crippen LogP contribution >= 0.6 is 0 Å². The highest BCUT2D eigenvalue weighted by Crippen LogP contribution is 2.49. The lowest BCUT2D eigenvalue weighted by Gasteiger charge is -2.49. The van der Waals surface area contributed by atoms with E-state index >= 15 is 0 Å². The van der Waals surface area contributed by atoms with E-state index in [9.17, 15) is 14.7 Å². The van der Waals surface area contributed by atoms with Gasteiger partial charge >= 0.3 is 11.9 Å². The molecule has 2 aromatic rings. The zero-order valence-electron chi connectivity index (χ0n) is 32.3. The number of methoxy groups -OCH3 is 4. The average molecular weight is 719 g/mol. The molecule has 4 aliphatic rings. The number of fused-ring (bicyclic) bond motifs is 6. The van der Waals surface area contributed by atoms with E-state index in [1.165, 1.54) is 16.7 Å². The number of hydrogen-bond donors (Lipinski definition) is 1. The number of esters is 1. The van der Waals surface area contributed by atoms with E-state index in [0.717, 1.165) is 69.3 Å². The van der Waals surface area contributed by atoms with E-state index in [1.54, 1.807) is 28.4 Å². The Balaban J connectivity index is 1.33. The van der Waals surface area contributed by atoms with E-state index in [0.29, 0.717) is 41.9 Å². The van der Waals surface area contributed by atoms with Gasteiger partial charge in [-0.25, -0.2) is 9.59 Å². The maximum atomic E-state index is 14.6. The predicted octanol–water partition coefficient (Wildman–Crippen LogP) is 6.89. The minimum absolute atomic E-state index is 0.0182. The summed E-state index contributed by atoms with van der Waals surface area (Å²) in [7, 11) is 6.61. The van der Waals surface area contributed by atoms with Gasteiger partial charge in [-0.2, -0.15) is 0 Å². The van der Waals surface area contributed by atoms with Gasteiger partial charge in [0.25, 0.3) is 0 Å². The van der Waals surface area contributed by atoms with Crippen molar-refractivity contribution in [1.82, 2.24) is 9.80 Å². The van der Waals surface area contributed by atoms with Crippen molar-refractivity contribution < 1.29 is 38.4 Å². The van der Waals surface area contributed by atoms with Gasteiger partial charge in [0, 0.05) is 62.3 Å². The Morgan fingerprint density at radius 3 is 1.67 bits per heavy atom. The topological polar surface area (TPSA) is 107 Å². The van der Waals surface area contributed by atoms with Crippen LogP contribution in [0.4, 0.5) is 0 Å². The molecule has 0 aliphatic carbocycles. The molecule has 0 unspecified atom stereocenters. The van der Waals surface area contributed by atoms with Gasteiger partial charge in [0.1, 0.15) is 6.10 Å². The molecule has 284 valence electrons. The normalized spacial score (nSPS) is 26.2. The summed E-state index contributed by atoms with van der Waals surface area (Å²) in [5.41, 5.74) is 5.06. The van der Waals surface area contributed by atoms with Crippen LogP contribution < -0.4 is 18.9 Å². The van der Waals surface area contributed by atoms with E-state index in [-0.39, 0.29) is 41.5 Å². The Bertz CT molecular complexity index is 1650. The second-order valence-corrected chi connectivity index (χ2v) is 16.1. The quantitative estimate of drug-likeness (QED) is 0.184. The second-order valence-electron chi connectivity index (χ2n) is 16.1. The van der Waals surface area contributed by atoms with Gasteiger partial charge < -0.3 is 28.8 Å². The molecular weight excluding hydrogens is 660 g/mol. The fraction of sp³-hybridized carbons (Fsp3) is 0.619. The van der Waals surface area contributed by atoms with Crippen molar-refractivity contribution in [2.75, 3.05) is 54.6 Å². The van der Waals surface area contributed by atoms with Crippen molar-refractivity contribution in [3.8, 4) is 23.0 Å². The first-order valence-electron chi connectivity index (χ1n) is 19.1. The van der Waals surface area contributed by atoms with E-state index in [4.69, 9.17) is 23.7 Å². The van der Waals surface area contributed by atoms with Gasteiger partial charge in [0.2, 0.25) is 0 Å². The van der Waals surface area contributed by atoms with E-state index in [1.807, 2.05) is 0 Å². The summed E-state index contributed by atoms with van der Waals surface area (Å²) in [6.07, 6.45) is 5.65. The highest BCUT2D eigenvalue weighted by atomic mass is 16.5. The van der Waals surface area contributed by atoms with Crippen LogP contribution in [0, 0.1) is 29.6 Å². The number of carbonyl (C=O) groups is 2. The van der Waals surface area contributed by atoms with Crippen LogP contribution in [0.2, 0.25) is 0 Å². The summed E-state index contributed by atoms with van der Waals surface area (Å²) >= 11 is 0. The number of nitrogens with zero attached hydrogens (tertiary/aromatic N) is 2. The molecule has 4 heterocycles. The Morgan fingerprint density at radius 1 is 0.731 bits per heavy atom. The third kappa shape index (κ3) is 7.79. The number of ether oxygens (including phenoxy) is 5. The molecule has 10 nitrogen and oxygen atoms in total. The summed E-state index contributed by atoms with van der Waals surface area (Å²) in [6.45, 7) is 12.2. The minimum atomic E-state index is -1.12. The van der Waals surface area contributed by atoms with E-state index in [2.05, 4.69) is 61.8 Å². The molecule has 0 aromatic heterocycles. The number of carboxylic acids is 1. The third-order valence-electron chi connectivity index (χ3n) is 11.9. The highest BCUT2D eigenvalue weighted by molar-refractivity contribution is 5.96. The monoisotopic (exact) mass is 718 g/mol. The number of hydrogen-bond acceptors (Lipinski definition) is 9. The molecule has 10 heteroatoms. The number of rotatable bonds is 12. The fourth-order valence-corrected chi connectivity index (χ4v) is 9.70. The summed E-state index contributed by atoms with van der Waals surface area (Å²) < 4.78 is 29.3. The molecule has 6 atom stereocenters. The maximum Gasteiger partial charge on any atom is 0.334 e. The minimum Gasteiger partial charge on any atom is -0.493 e. The van der Waals surface area contributed by atoms with Crippen LogP contribution in [0.15, 0.2) is 35.9 Å². The molecule has 0 bridgehead atoms. The fourth-order valence-electron chi connectivity index (χ4n) is 9.70. The number of benzene rings is 2. The zero-order chi connectivity index (χ0) is 37.3. The van der Waals surface area contributed by atoms with Crippen LogP contribution in [0.3, 0.4) is 0 Å². The molecule has 0 saturated carbocycles. The molecule has 0 amide bonds. The molecule has 1 N–H and O–H groups in total. The first-order valence-corrected chi connectivity index (χ1v) is 19.1. The van der Waals surface area contributed by atoms with Crippen molar-refractivity contribution in [3.05, 3.63) is 58.2 Å². The van der Waals surface area contributed by atoms with Gasteiger partial charge in [0.05, 0.1) is 28.4 Å². The Hall–Kier alpha value is -3.76. The molecule has 6 rings (SSSR count). The maximum absolute atomic E-state index is 14.6. The van der Waals surface area contributed by atoms with Gasteiger partial charge in [-0.05, 0) is 102 Å². The Labute approximate surface area is 309 Å². The standard InChI is InChI=1S/C42H58N2O8/c1-24(2)13-28-22-43-11-9-26-15-37(48-5)39(50-7)18-31(26)34(43)17-30(28)33(20-41(45)46)42(47)52-36-21-35-32-19-40(51-8)38(49-6)16-27(32)10-12-44(35)23-29(36)14-25(3)4/h15-16,18-20,24-25,28-30,34-36H,9-14,17,21-23H2,1-8H3,(H,45,46)/b33-20-/t28-,29+,30+,34+,35+,36+/m0/s1. The molecule has 52 heavy (non-hydrogen) atoms. The summed E-state index contributed by atoms with van der Waals surface area (Å²) in [5, 5.41) is 10.2. The summed E-state index contributed by atoms with van der Waals surface area (Å²) in [6, 6.07) is 8.37. The number of aliphatic carboxylic acids is 1. The van der Waals surface area contributed by atoms with Crippen LogP contribution in [0.25, 0.3) is 0 Å². The first kappa shape index (κ1) is 38.0. The third-order valence-corrected chi connectivity index (χ3v) is 11.9. The summed E-state index contributed by atoms with van der Waals surface area (Å²) in [4.78, 5) is 32.2. The lowest BCUT2D eigenvalue weighted by Crippen LogP contribution is -2.50. The van der Waals surface area contributed by atoms with Crippen molar-refractivity contribution >= 4 is 11.9 Å². The molecular formula is C42H58N2O8. The van der Waals surface area contributed by atoms with Gasteiger partial charge in [-0.3, -0.25) is 9.80 Å². The predicted molar refractivity (Wildman–Crippen MR) is 199 cm³/mol. The number of piperidine rings is 2. The van der Waals surface area contributed by atoms with Crippen molar-refractivity contribution in [3.63, 3.8) is 0 Å². The number of carboxylic acid groups (broad SMARTS) is 1. The number of carbonyl (C=O) groups excluding carboxylic acids is 1. The van der Waals surface area contributed by atoms with Gasteiger partial charge in [-0.15, -0.1) is 0 Å². The zero-order valence-corrected chi connectivity index (χ0v) is 32.3. The average Bonchev–Trinajstić information content (AvgIpc) is 3.11. The van der Waals surface area contributed by atoms with Gasteiger partial charge in [-0.1, -0.05) is 27.7 Å². The molecule has 0 radical (unpaired) electrons. The molecule has 4 aliphatic heterocycles. The first-order chi connectivity index (χ1) is 24.9. The highest BCUT2D eigenvalue weighted by Gasteiger charge is 2.45. The second kappa shape index (κ2) is 16.1. The van der Waals surface area contributed by atoms with Crippen molar-refractivity contribution in [2.24, 2.45) is 29.6 Å². The van der Waals surface area contributed by atoms with Gasteiger partial charge in [0.15, 0.2) is 23.0 Å². The SMILES string of the molecule is COc1cc2c(cc1OC)[C@H]1C[C@@H](OC(=O)/C(=C\C(=O)O)[C@@H]3C[C@@H]4c5cc(OC)c(OC)cc5CCN4C[C@@H]3CC(C)C)[C@H](CC(C)C)CN1CC2. The van der Waals surface area contributed by atoms with Crippen molar-refractivity contribution in [1.29, 1.82) is 0 Å². The van der Waals surface area contributed by atoms with Crippen molar-refractivity contribution in [2.45, 2.75) is 84.4 Å². The molecule has 2 saturated heterocycles. The van der Waals surface area contributed by atoms with E-state index < -0.39 is 11.9 Å².